The number of aldehydes is 1. The SMILES string of the molecule is CC1(C)OB(C(=Cc2ncccc2C=O)CNC(=O)OCC2c3ccccc3-c3ccccc32)OC1(C)C. The van der Waals surface area contributed by atoms with Crippen molar-refractivity contribution in [3.63, 3.8) is 0 Å². The van der Waals surface area contributed by atoms with Crippen molar-refractivity contribution in [1.29, 1.82) is 0 Å². The first-order valence-electron chi connectivity index (χ1n) is 12.8. The van der Waals surface area contributed by atoms with E-state index < -0.39 is 24.4 Å². The fourth-order valence-electron chi connectivity index (χ4n) is 4.85. The highest BCUT2D eigenvalue weighted by Gasteiger charge is 2.52. The topological polar surface area (TPSA) is 86.8 Å². The number of hydrogen-bond acceptors (Lipinski definition) is 6. The van der Waals surface area contributed by atoms with Crippen molar-refractivity contribution in [2.75, 3.05) is 13.2 Å². The maximum absolute atomic E-state index is 12.9. The van der Waals surface area contributed by atoms with E-state index in [0.29, 0.717) is 16.7 Å². The molecule has 0 atom stereocenters. The summed E-state index contributed by atoms with van der Waals surface area (Å²) in [6.45, 7) is 8.15. The Morgan fingerprint density at radius 3 is 2.18 bits per heavy atom. The minimum atomic E-state index is -0.726. The normalized spacial score (nSPS) is 17.6. The van der Waals surface area contributed by atoms with Gasteiger partial charge in [0, 0.05) is 24.2 Å². The molecule has 194 valence electrons. The molecule has 0 unspecified atom stereocenters. The van der Waals surface area contributed by atoms with Gasteiger partial charge in [-0.2, -0.15) is 0 Å². The summed E-state index contributed by atoms with van der Waals surface area (Å²) >= 11 is 0. The standard InChI is InChI=1S/C30H31BN2O5/c1-29(2)30(3,4)38-31(37-29)21(16-27-20(18-34)10-9-15-32-27)17-33-28(35)36-19-26-24-13-7-5-11-22(24)23-12-6-8-14-25(23)26/h5-16,18,26H,17,19H2,1-4H3,(H,33,35). The Bertz CT molecular complexity index is 1340. The van der Waals surface area contributed by atoms with E-state index in [0.717, 1.165) is 17.4 Å². The summed E-state index contributed by atoms with van der Waals surface area (Å²) in [6.07, 6.45) is 3.54. The summed E-state index contributed by atoms with van der Waals surface area (Å²) in [6, 6.07) is 19.8. The Morgan fingerprint density at radius 2 is 1.58 bits per heavy atom. The van der Waals surface area contributed by atoms with Crippen molar-refractivity contribution < 1.29 is 23.6 Å². The molecule has 1 N–H and O–H groups in total. The second-order valence-corrected chi connectivity index (χ2v) is 10.6. The molecular weight excluding hydrogens is 479 g/mol. The number of fused-ring (bicyclic) bond motifs is 3. The number of nitrogens with zero attached hydrogens (tertiary/aromatic N) is 1. The molecule has 1 aliphatic carbocycles. The van der Waals surface area contributed by atoms with Crippen LogP contribution in [0.25, 0.3) is 17.2 Å². The van der Waals surface area contributed by atoms with Gasteiger partial charge in [0.1, 0.15) is 6.61 Å². The van der Waals surface area contributed by atoms with Gasteiger partial charge in [-0.1, -0.05) is 48.5 Å². The van der Waals surface area contributed by atoms with Crippen LogP contribution in [0.5, 0.6) is 0 Å². The summed E-state index contributed by atoms with van der Waals surface area (Å²) in [7, 11) is -0.726. The van der Waals surface area contributed by atoms with E-state index in [2.05, 4.69) is 34.6 Å². The smallest absolute Gasteiger partial charge is 0.449 e. The molecule has 0 radical (unpaired) electrons. The van der Waals surface area contributed by atoms with Gasteiger partial charge in [-0.25, -0.2) is 4.79 Å². The summed E-state index contributed by atoms with van der Waals surface area (Å²) < 4.78 is 18.1. The molecule has 1 aliphatic heterocycles. The van der Waals surface area contributed by atoms with E-state index in [1.807, 2.05) is 52.0 Å². The number of ether oxygens (including phenoxy) is 1. The van der Waals surface area contributed by atoms with Gasteiger partial charge in [-0.05, 0) is 73.6 Å². The number of nitrogens with one attached hydrogen (secondary N) is 1. The average molecular weight is 510 g/mol. The summed E-state index contributed by atoms with van der Waals surface area (Å²) in [4.78, 5) is 28.8. The molecule has 2 aliphatic rings. The number of alkyl carbamates (subject to hydrolysis) is 1. The van der Waals surface area contributed by atoms with E-state index in [9.17, 15) is 9.59 Å². The van der Waals surface area contributed by atoms with Crippen LogP contribution in [0.1, 0.15) is 60.8 Å². The maximum atomic E-state index is 12.9. The fraction of sp³-hybridized carbons (Fsp3) is 0.300. The fourth-order valence-corrected chi connectivity index (χ4v) is 4.85. The molecule has 2 heterocycles. The van der Waals surface area contributed by atoms with Crippen molar-refractivity contribution in [3.8, 4) is 11.1 Å². The minimum absolute atomic E-state index is 0.0325. The number of carbonyl (C=O) groups excluding carboxylic acids is 2. The monoisotopic (exact) mass is 510 g/mol. The number of benzene rings is 2. The van der Waals surface area contributed by atoms with Crippen LogP contribution in [-0.2, 0) is 14.0 Å². The first-order valence-corrected chi connectivity index (χ1v) is 12.8. The van der Waals surface area contributed by atoms with Gasteiger partial charge in [-0.15, -0.1) is 0 Å². The van der Waals surface area contributed by atoms with Crippen molar-refractivity contribution in [1.82, 2.24) is 10.3 Å². The Balaban J connectivity index is 1.31. The molecule has 7 nitrogen and oxygen atoms in total. The molecule has 1 aromatic heterocycles. The summed E-state index contributed by atoms with van der Waals surface area (Å²) in [5.74, 6) is -0.0325. The molecule has 2 aromatic carbocycles. The largest absolute Gasteiger partial charge is 0.492 e. The van der Waals surface area contributed by atoms with Gasteiger partial charge >= 0.3 is 13.2 Å². The quantitative estimate of drug-likeness (QED) is 0.336. The predicted molar refractivity (Wildman–Crippen MR) is 147 cm³/mol. The lowest BCUT2D eigenvalue weighted by Gasteiger charge is -2.32. The molecule has 0 bridgehead atoms. The lowest BCUT2D eigenvalue weighted by molar-refractivity contribution is 0.00578. The molecule has 5 rings (SSSR count). The molecule has 1 saturated heterocycles. The van der Waals surface area contributed by atoms with Crippen LogP contribution < -0.4 is 5.32 Å². The van der Waals surface area contributed by atoms with Gasteiger partial charge in [-0.3, -0.25) is 9.78 Å². The van der Waals surface area contributed by atoms with Crippen LogP contribution in [0.15, 0.2) is 72.3 Å². The molecule has 3 aromatic rings. The molecule has 0 spiro atoms. The highest BCUT2D eigenvalue weighted by molar-refractivity contribution is 6.56. The zero-order chi connectivity index (χ0) is 26.9. The van der Waals surface area contributed by atoms with E-state index >= 15 is 0 Å². The summed E-state index contributed by atoms with van der Waals surface area (Å²) in [5, 5.41) is 2.84. The van der Waals surface area contributed by atoms with Crippen molar-refractivity contribution in [3.05, 3.63) is 94.7 Å². The Hall–Kier alpha value is -3.75. The molecule has 8 heteroatoms. The minimum Gasteiger partial charge on any atom is -0.449 e. The van der Waals surface area contributed by atoms with Crippen LogP contribution in [0.4, 0.5) is 4.79 Å². The van der Waals surface area contributed by atoms with Crippen molar-refractivity contribution >= 4 is 25.6 Å². The van der Waals surface area contributed by atoms with E-state index in [1.165, 1.54) is 11.1 Å². The summed E-state index contributed by atoms with van der Waals surface area (Å²) in [5.41, 5.74) is 5.03. The predicted octanol–water partition coefficient (Wildman–Crippen LogP) is 5.45. The number of amides is 1. The second kappa shape index (κ2) is 10.2. The van der Waals surface area contributed by atoms with Gasteiger partial charge in [0.2, 0.25) is 0 Å². The van der Waals surface area contributed by atoms with Crippen LogP contribution >= 0.6 is 0 Å². The average Bonchev–Trinajstić information content (AvgIpc) is 3.34. The lowest BCUT2D eigenvalue weighted by Crippen LogP contribution is -2.41. The van der Waals surface area contributed by atoms with E-state index in [4.69, 9.17) is 14.0 Å². The maximum Gasteiger partial charge on any atom is 0.492 e. The number of aromatic nitrogens is 1. The van der Waals surface area contributed by atoms with Gasteiger partial charge in [0.05, 0.1) is 16.9 Å². The van der Waals surface area contributed by atoms with Gasteiger partial charge in [0.15, 0.2) is 6.29 Å². The van der Waals surface area contributed by atoms with Crippen molar-refractivity contribution in [2.45, 2.75) is 44.8 Å². The second-order valence-electron chi connectivity index (χ2n) is 10.6. The van der Waals surface area contributed by atoms with Crippen LogP contribution in [0.3, 0.4) is 0 Å². The highest BCUT2D eigenvalue weighted by Crippen LogP contribution is 2.44. The van der Waals surface area contributed by atoms with Gasteiger partial charge in [0.25, 0.3) is 0 Å². The number of pyridine rings is 1. The number of carbonyl (C=O) groups is 2. The molecule has 1 amide bonds. The first-order chi connectivity index (χ1) is 18.2. The third-order valence-electron chi connectivity index (χ3n) is 7.66. The van der Waals surface area contributed by atoms with E-state index in [-0.39, 0.29) is 19.1 Å². The number of rotatable bonds is 7. The zero-order valence-electron chi connectivity index (χ0n) is 22.1. The van der Waals surface area contributed by atoms with Crippen molar-refractivity contribution in [2.24, 2.45) is 0 Å². The van der Waals surface area contributed by atoms with Crippen LogP contribution in [0, 0.1) is 0 Å². The Morgan fingerprint density at radius 1 is 0.974 bits per heavy atom. The Kier molecular flexibility index (Phi) is 6.94. The molecule has 1 fully saturated rings. The van der Waals surface area contributed by atoms with Crippen LogP contribution in [0.2, 0.25) is 0 Å². The third-order valence-corrected chi connectivity index (χ3v) is 7.66. The first kappa shape index (κ1) is 25.9. The molecular formula is C30H31BN2O5. The number of hydrogen-bond donors (Lipinski definition) is 1. The molecule has 0 saturated carbocycles. The zero-order valence-corrected chi connectivity index (χ0v) is 22.1. The molecule has 38 heavy (non-hydrogen) atoms. The lowest BCUT2D eigenvalue weighted by atomic mass is 9.77. The van der Waals surface area contributed by atoms with Crippen LogP contribution in [-0.4, -0.2) is 48.8 Å². The van der Waals surface area contributed by atoms with Gasteiger partial charge < -0.3 is 19.4 Å². The Labute approximate surface area is 223 Å². The highest BCUT2D eigenvalue weighted by atomic mass is 16.7. The van der Waals surface area contributed by atoms with E-state index in [1.54, 1.807) is 24.4 Å². The third kappa shape index (κ3) is 4.89.